The Kier molecular flexibility index (Phi) is 4.73. The number of rotatable bonds is 2. The van der Waals surface area contributed by atoms with Gasteiger partial charge in [-0.3, -0.25) is 0 Å². The number of anilines is 1. The molecule has 21 heavy (non-hydrogen) atoms. The molecule has 1 fully saturated rings. The highest BCUT2D eigenvalue weighted by molar-refractivity contribution is 6.30. The number of benzene rings is 1. The number of hydrogen-bond donors (Lipinski definition) is 1. The van der Waals surface area contributed by atoms with Gasteiger partial charge in [0.05, 0.1) is 5.56 Å². The summed E-state index contributed by atoms with van der Waals surface area (Å²) in [5.74, 6) is 0.361. The molecule has 2 nitrogen and oxygen atoms in total. The minimum absolute atomic E-state index is 0.0981. The summed E-state index contributed by atoms with van der Waals surface area (Å²) in [4.78, 5) is 2.27. The molecular weight excluding hydrogens is 301 g/mol. The predicted molar refractivity (Wildman–Crippen MR) is 79.7 cm³/mol. The standard InChI is InChI=1S/C15H20ClF3N2/c1-9-8-21(3)10(2)4-14(9)20-13-6-11(15(17,18)19)5-12(16)7-13/h5-7,9-10,14,20H,4,8H2,1-3H3. The van der Waals surface area contributed by atoms with Gasteiger partial charge in [0.25, 0.3) is 0 Å². The van der Waals surface area contributed by atoms with E-state index in [0.717, 1.165) is 25.1 Å². The monoisotopic (exact) mass is 320 g/mol. The van der Waals surface area contributed by atoms with Crippen LogP contribution in [-0.4, -0.2) is 30.6 Å². The SMILES string of the molecule is CC1CN(C)C(C)CC1Nc1cc(Cl)cc(C(F)(F)F)c1. The topological polar surface area (TPSA) is 15.3 Å². The first-order valence-corrected chi connectivity index (χ1v) is 7.39. The summed E-state index contributed by atoms with van der Waals surface area (Å²) in [5.41, 5.74) is -0.283. The Morgan fingerprint density at radius 2 is 1.90 bits per heavy atom. The van der Waals surface area contributed by atoms with Gasteiger partial charge in [-0.2, -0.15) is 13.2 Å². The Morgan fingerprint density at radius 1 is 1.24 bits per heavy atom. The molecule has 0 aromatic heterocycles. The second-order valence-corrected chi connectivity index (χ2v) is 6.42. The molecule has 3 atom stereocenters. The lowest BCUT2D eigenvalue weighted by atomic mass is 9.89. The maximum absolute atomic E-state index is 12.8. The minimum Gasteiger partial charge on any atom is -0.382 e. The van der Waals surface area contributed by atoms with Crippen LogP contribution in [0.5, 0.6) is 0 Å². The molecule has 2 rings (SSSR count). The Morgan fingerprint density at radius 3 is 2.52 bits per heavy atom. The summed E-state index contributed by atoms with van der Waals surface area (Å²) in [7, 11) is 2.07. The molecule has 1 aliphatic heterocycles. The van der Waals surface area contributed by atoms with Crippen LogP contribution in [0.15, 0.2) is 18.2 Å². The van der Waals surface area contributed by atoms with E-state index in [1.165, 1.54) is 0 Å². The van der Waals surface area contributed by atoms with Crippen molar-refractivity contribution in [1.29, 1.82) is 0 Å². The van der Waals surface area contributed by atoms with E-state index in [0.29, 0.717) is 17.6 Å². The quantitative estimate of drug-likeness (QED) is 0.863. The second kappa shape index (κ2) is 6.05. The van der Waals surface area contributed by atoms with Crippen molar-refractivity contribution in [2.45, 2.75) is 38.5 Å². The van der Waals surface area contributed by atoms with Crippen molar-refractivity contribution in [1.82, 2.24) is 4.90 Å². The van der Waals surface area contributed by atoms with Gasteiger partial charge in [-0.1, -0.05) is 18.5 Å². The van der Waals surface area contributed by atoms with Gasteiger partial charge >= 0.3 is 6.18 Å². The Bertz CT molecular complexity index is 504. The third-order valence-electron chi connectivity index (χ3n) is 4.19. The first-order chi connectivity index (χ1) is 9.66. The van der Waals surface area contributed by atoms with Crippen LogP contribution in [0.3, 0.4) is 0 Å². The Labute approximate surface area is 128 Å². The van der Waals surface area contributed by atoms with Crippen molar-refractivity contribution >= 4 is 17.3 Å². The molecule has 1 aromatic carbocycles. The summed E-state index contributed by atoms with van der Waals surface area (Å²) < 4.78 is 38.5. The van der Waals surface area contributed by atoms with Crippen LogP contribution in [0.2, 0.25) is 5.02 Å². The zero-order chi connectivity index (χ0) is 15.8. The summed E-state index contributed by atoms with van der Waals surface area (Å²) in [5, 5.41) is 3.32. The Hall–Kier alpha value is -0.940. The molecule has 1 aliphatic rings. The van der Waals surface area contributed by atoms with Crippen molar-refractivity contribution < 1.29 is 13.2 Å². The number of alkyl halides is 3. The van der Waals surface area contributed by atoms with Gasteiger partial charge < -0.3 is 10.2 Å². The third-order valence-corrected chi connectivity index (χ3v) is 4.41. The summed E-state index contributed by atoms with van der Waals surface area (Å²) >= 11 is 5.81. The fraction of sp³-hybridized carbons (Fsp3) is 0.600. The lowest BCUT2D eigenvalue weighted by Crippen LogP contribution is -2.48. The van der Waals surface area contributed by atoms with E-state index in [9.17, 15) is 13.2 Å². The summed E-state index contributed by atoms with van der Waals surface area (Å²) in [6, 6.07) is 4.18. The molecule has 0 amide bonds. The Balaban J connectivity index is 2.18. The molecule has 0 saturated carbocycles. The third kappa shape index (κ3) is 4.04. The molecular formula is C15H20ClF3N2. The van der Waals surface area contributed by atoms with Gasteiger partial charge in [0.1, 0.15) is 0 Å². The number of piperidine rings is 1. The molecule has 118 valence electrons. The first kappa shape index (κ1) is 16.4. The molecule has 6 heteroatoms. The predicted octanol–water partition coefficient (Wildman–Crippen LogP) is 4.50. The molecule has 1 aromatic rings. The highest BCUT2D eigenvalue weighted by Gasteiger charge is 2.32. The van der Waals surface area contributed by atoms with Crippen molar-refractivity contribution in [3.05, 3.63) is 28.8 Å². The molecule has 1 heterocycles. The van der Waals surface area contributed by atoms with Gasteiger partial charge in [0.2, 0.25) is 0 Å². The van der Waals surface area contributed by atoms with Gasteiger partial charge in [-0.15, -0.1) is 0 Å². The number of nitrogens with one attached hydrogen (secondary N) is 1. The van der Waals surface area contributed by atoms with Crippen molar-refractivity contribution in [2.75, 3.05) is 18.9 Å². The molecule has 0 aliphatic carbocycles. The van der Waals surface area contributed by atoms with Gasteiger partial charge in [-0.25, -0.2) is 0 Å². The zero-order valence-electron chi connectivity index (χ0n) is 12.3. The maximum atomic E-state index is 12.8. The van der Waals surface area contributed by atoms with E-state index in [-0.39, 0.29) is 11.1 Å². The van der Waals surface area contributed by atoms with Crippen molar-refractivity contribution in [2.24, 2.45) is 5.92 Å². The van der Waals surface area contributed by atoms with Crippen LogP contribution in [0.25, 0.3) is 0 Å². The number of likely N-dealkylation sites (tertiary alicyclic amines) is 1. The van der Waals surface area contributed by atoms with Gasteiger partial charge in [-0.05, 0) is 44.5 Å². The van der Waals surface area contributed by atoms with Gasteiger partial charge in [0.15, 0.2) is 0 Å². The zero-order valence-corrected chi connectivity index (χ0v) is 13.1. The highest BCUT2D eigenvalue weighted by Crippen LogP contribution is 2.34. The first-order valence-electron chi connectivity index (χ1n) is 7.01. The van der Waals surface area contributed by atoms with E-state index < -0.39 is 11.7 Å². The minimum atomic E-state index is -4.38. The van der Waals surface area contributed by atoms with Crippen molar-refractivity contribution in [3.63, 3.8) is 0 Å². The lowest BCUT2D eigenvalue weighted by Gasteiger charge is -2.40. The molecule has 1 saturated heterocycles. The summed E-state index contributed by atoms with van der Waals surface area (Å²) in [6.07, 6.45) is -3.49. The molecule has 0 spiro atoms. The van der Waals surface area contributed by atoms with Crippen LogP contribution in [0.4, 0.5) is 18.9 Å². The van der Waals surface area contributed by atoms with Gasteiger partial charge in [0, 0.05) is 29.3 Å². The average molecular weight is 321 g/mol. The number of hydrogen-bond acceptors (Lipinski definition) is 2. The van der Waals surface area contributed by atoms with E-state index in [2.05, 4.69) is 31.1 Å². The fourth-order valence-electron chi connectivity index (χ4n) is 2.79. The lowest BCUT2D eigenvalue weighted by molar-refractivity contribution is -0.137. The number of nitrogens with zero attached hydrogens (tertiary/aromatic N) is 1. The van der Waals surface area contributed by atoms with Crippen LogP contribution < -0.4 is 5.32 Å². The highest BCUT2D eigenvalue weighted by atomic mass is 35.5. The van der Waals surface area contributed by atoms with E-state index in [1.807, 2.05) is 0 Å². The van der Waals surface area contributed by atoms with E-state index in [4.69, 9.17) is 11.6 Å². The van der Waals surface area contributed by atoms with Crippen LogP contribution in [0.1, 0.15) is 25.8 Å². The normalized spacial score (nSPS) is 27.7. The number of halogens is 4. The molecule has 0 radical (unpaired) electrons. The second-order valence-electron chi connectivity index (χ2n) is 5.98. The molecule has 0 bridgehead atoms. The molecule has 1 N–H and O–H groups in total. The van der Waals surface area contributed by atoms with Crippen LogP contribution in [-0.2, 0) is 6.18 Å². The fourth-order valence-corrected chi connectivity index (χ4v) is 3.03. The molecule has 3 unspecified atom stereocenters. The summed E-state index contributed by atoms with van der Waals surface area (Å²) in [6.45, 7) is 5.15. The largest absolute Gasteiger partial charge is 0.416 e. The maximum Gasteiger partial charge on any atom is 0.416 e. The van der Waals surface area contributed by atoms with E-state index >= 15 is 0 Å². The van der Waals surface area contributed by atoms with E-state index in [1.54, 1.807) is 6.07 Å². The smallest absolute Gasteiger partial charge is 0.382 e. The van der Waals surface area contributed by atoms with Crippen LogP contribution >= 0.6 is 11.6 Å². The average Bonchev–Trinajstić information content (AvgIpc) is 2.34. The van der Waals surface area contributed by atoms with Crippen molar-refractivity contribution in [3.8, 4) is 0 Å². The van der Waals surface area contributed by atoms with Crippen LogP contribution in [0, 0.1) is 5.92 Å².